The van der Waals surface area contributed by atoms with E-state index in [2.05, 4.69) is 31.2 Å². The van der Waals surface area contributed by atoms with Gasteiger partial charge in [-0.25, -0.2) is 0 Å². The molecule has 2 atom stereocenters. The molecule has 0 aromatic heterocycles. The smallest absolute Gasteiger partial charge is 0.303 e. The second-order valence-electron chi connectivity index (χ2n) is 6.35. The Morgan fingerprint density at radius 2 is 2.16 bits per heavy atom. The van der Waals surface area contributed by atoms with Crippen LogP contribution in [0, 0.1) is 5.92 Å². The van der Waals surface area contributed by atoms with Gasteiger partial charge in [0.2, 0.25) is 0 Å². The minimum Gasteiger partial charge on any atom is -0.481 e. The van der Waals surface area contributed by atoms with Crippen LogP contribution in [-0.4, -0.2) is 48.7 Å². The van der Waals surface area contributed by atoms with E-state index in [0.29, 0.717) is 5.54 Å². The summed E-state index contributed by atoms with van der Waals surface area (Å²) >= 11 is 0. The van der Waals surface area contributed by atoms with Gasteiger partial charge in [-0.1, -0.05) is 19.8 Å². The van der Waals surface area contributed by atoms with Gasteiger partial charge in [-0.15, -0.1) is 0 Å². The molecule has 0 saturated heterocycles. The van der Waals surface area contributed by atoms with Gasteiger partial charge in [-0.3, -0.25) is 4.79 Å². The molecule has 1 rings (SSSR count). The fourth-order valence-corrected chi connectivity index (χ4v) is 3.20. The van der Waals surface area contributed by atoms with Crippen LogP contribution in [0.5, 0.6) is 0 Å². The molecule has 0 radical (unpaired) electrons. The molecule has 4 heteroatoms. The summed E-state index contributed by atoms with van der Waals surface area (Å²) < 4.78 is 0. The average Bonchev–Trinajstić information content (AvgIpc) is 2.33. The minimum atomic E-state index is -0.689. The Morgan fingerprint density at radius 1 is 1.42 bits per heavy atom. The predicted molar refractivity (Wildman–Crippen MR) is 78.4 cm³/mol. The van der Waals surface area contributed by atoms with E-state index in [1.807, 2.05) is 0 Å². The largest absolute Gasteiger partial charge is 0.481 e. The number of aliphatic carboxylic acids is 1. The van der Waals surface area contributed by atoms with Gasteiger partial charge in [-0.05, 0) is 52.2 Å². The van der Waals surface area contributed by atoms with Crippen LogP contribution in [-0.2, 0) is 4.79 Å². The average molecular weight is 270 g/mol. The standard InChI is InChI=1S/C15H30N2O2/c1-13-7-6-9-15(11-13,17(2)3)12-16-10-5-4-8-14(18)19/h13,16H,4-12H2,1-3H3,(H,18,19). The Kier molecular flexibility index (Phi) is 6.80. The van der Waals surface area contributed by atoms with Crippen molar-refractivity contribution in [1.82, 2.24) is 10.2 Å². The summed E-state index contributed by atoms with van der Waals surface area (Å²) in [7, 11) is 4.37. The van der Waals surface area contributed by atoms with E-state index in [4.69, 9.17) is 5.11 Å². The number of carbonyl (C=O) groups is 1. The predicted octanol–water partition coefficient (Wildman–Crippen LogP) is 2.34. The van der Waals surface area contributed by atoms with Gasteiger partial charge in [-0.2, -0.15) is 0 Å². The Labute approximate surface area is 117 Å². The van der Waals surface area contributed by atoms with Gasteiger partial charge >= 0.3 is 5.97 Å². The number of likely N-dealkylation sites (N-methyl/N-ethyl adjacent to an activating group) is 1. The molecule has 112 valence electrons. The van der Waals surface area contributed by atoms with Crippen LogP contribution in [0.25, 0.3) is 0 Å². The van der Waals surface area contributed by atoms with Crippen molar-refractivity contribution in [3.05, 3.63) is 0 Å². The first kappa shape index (κ1) is 16.4. The van der Waals surface area contributed by atoms with E-state index in [1.165, 1.54) is 25.7 Å². The number of carboxylic acids is 1. The van der Waals surface area contributed by atoms with Crippen molar-refractivity contribution in [2.45, 2.75) is 57.4 Å². The third-order valence-electron chi connectivity index (χ3n) is 4.46. The van der Waals surface area contributed by atoms with Crippen LogP contribution in [0.1, 0.15) is 51.9 Å². The summed E-state index contributed by atoms with van der Waals surface area (Å²) in [6.07, 6.45) is 7.22. The van der Waals surface area contributed by atoms with Crippen LogP contribution in [0.3, 0.4) is 0 Å². The highest BCUT2D eigenvalue weighted by molar-refractivity contribution is 5.66. The van der Waals surface area contributed by atoms with E-state index in [9.17, 15) is 4.79 Å². The lowest BCUT2D eigenvalue weighted by Crippen LogP contribution is -2.54. The highest BCUT2D eigenvalue weighted by Gasteiger charge is 2.36. The molecule has 1 fully saturated rings. The Bertz CT molecular complexity index is 281. The normalized spacial score (nSPS) is 27.7. The highest BCUT2D eigenvalue weighted by atomic mass is 16.4. The van der Waals surface area contributed by atoms with E-state index >= 15 is 0 Å². The quantitative estimate of drug-likeness (QED) is 0.665. The molecule has 0 aromatic carbocycles. The van der Waals surface area contributed by atoms with Gasteiger partial charge in [0.25, 0.3) is 0 Å². The second-order valence-corrected chi connectivity index (χ2v) is 6.35. The Balaban J connectivity index is 2.28. The van der Waals surface area contributed by atoms with Gasteiger partial charge in [0.15, 0.2) is 0 Å². The fourth-order valence-electron chi connectivity index (χ4n) is 3.20. The van der Waals surface area contributed by atoms with Gasteiger partial charge in [0, 0.05) is 18.5 Å². The molecule has 0 amide bonds. The third-order valence-corrected chi connectivity index (χ3v) is 4.46. The molecule has 2 unspecified atom stereocenters. The molecule has 0 heterocycles. The highest BCUT2D eigenvalue weighted by Crippen LogP contribution is 2.35. The Morgan fingerprint density at radius 3 is 2.74 bits per heavy atom. The zero-order valence-electron chi connectivity index (χ0n) is 12.7. The molecule has 0 bridgehead atoms. The zero-order valence-corrected chi connectivity index (χ0v) is 12.7. The van der Waals surface area contributed by atoms with Crippen molar-refractivity contribution in [2.24, 2.45) is 5.92 Å². The molecule has 2 N–H and O–H groups in total. The molecular formula is C15H30N2O2. The molecular weight excluding hydrogens is 240 g/mol. The van der Waals surface area contributed by atoms with E-state index in [0.717, 1.165) is 31.8 Å². The second kappa shape index (κ2) is 7.85. The number of nitrogens with zero attached hydrogens (tertiary/aromatic N) is 1. The number of nitrogens with one attached hydrogen (secondary N) is 1. The van der Waals surface area contributed by atoms with Gasteiger partial charge in [0.05, 0.1) is 0 Å². The number of hydrogen-bond donors (Lipinski definition) is 2. The minimum absolute atomic E-state index is 0.289. The lowest BCUT2D eigenvalue weighted by molar-refractivity contribution is -0.137. The topological polar surface area (TPSA) is 52.6 Å². The summed E-state index contributed by atoms with van der Waals surface area (Å²) in [6.45, 7) is 4.30. The number of unbranched alkanes of at least 4 members (excludes halogenated alkanes) is 1. The first-order valence-electron chi connectivity index (χ1n) is 7.56. The molecule has 4 nitrogen and oxygen atoms in total. The number of hydrogen-bond acceptors (Lipinski definition) is 3. The molecule has 0 aromatic rings. The maximum atomic E-state index is 10.4. The Hall–Kier alpha value is -0.610. The van der Waals surface area contributed by atoms with Crippen molar-refractivity contribution in [3.63, 3.8) is 0 Å². The number of rotatable bonds is 8. The van der Waals surface area contributed by atoms with Crippen molar-refractivity contribution >= 4 is 5.97 Å². The summed E-state index contributed by atoms with van der Waals surface area (Å²) in [5, 5.41) is 12.1. The molecule has 0 aliphatic heterocycles. The molecule has 1 aliphatic rings. The van der Waals surface area contributed by atoms with Gasteiger partial charge in [0.1, 0.15) is 0 Å². The first-order valence-corrected chi connectivity index (χ1v) is 7.56. The summed E-state index contributed by atoms with van der Waals surface area (Å²) in [5.41, 5.74) is 0.296. The SMILES string of the molecule is CC1CCCC(CNCCCCC(=O)O)(N(C)C)C1. The van der Waals surface area contributed by atoms with Crippen molar-refractivity contribution in [3.8, 4) is 0 Å². The summed E-state index contributed by atoms with van der Waals surface area (Å²) in [4.78, 5) is 12.8. The third kappa shape index (κ3) is 5.49. The number of carboxylic acid groups (broad SMARTS) is 1. The van der Waals surface area contributed by atoms with Crippen molar-refractivity contribution in [1.29, 1.82) is 0 Å². The fraction of sp³-hybridized carbons (Fsp3) is 0.933. The van der Waals surface area contributed by atoms with E-state index in [-0.39, 0.29) is 6.42 Å². The molecule has 1 saturated carbocycles. The monoisotopic (exact) mass is 270 g/mol. The van der Waals surface area contributed by atoms with Crippen molar-refractivity contribution in [2.75, 3.05) is 27.2 Å². The lowest BCUT2D eigenvalue weighted by atomic mass is 9.75. The van der Waals surface area contributed by atoms with E-state index < -0.39 is 5.97 Å². The summed E-state index contributed by atoms with van der Waals surface area (Å²) in [6, 6.07) is 0. The van der Waals surface area contributed by atoms with Crippen LogP contribution in [0.4, 0.5) is 0 Å². The van der Waals surface area contributed by atoms with Crippen LogP contribution in [0.2, 0.25) is 0 Å². The first-order chi connectivity index (χ1) is 8.96. The van der Waals surface area contributed by atoms with Crippen LogP contribution >= 0.6 is 0 Å². The maximum Gasteiger partial charge on any atom is 0.303 e. The summed E-state index contributed by atoms with van der Waals surface area (Å²) in [5.74, 6) is 0.121. The maximum absolute atomic E-state index is 10.4. The van der Waals surface area contributed by atoms with Gasteiger partial charge < -0.3 is 15.3 Å². The van der Waals surface area contributed by atoms with Crippen molar-refractivity contribution < 1.29 is 9.90 Å². The molecule has 1 aliphatic carbocycles. The molecule has 19 heavy (non-hydrogen) atoms. The molecule has 0 spiro atoms. The van der Waals surface area contributed by atoms with E-state index in [1.54, 1.807) is 0 Å². The lowest BCUT2D eigenvalue weighted by Gasteiger charge is -2.45. The van der Waals surface area contributed by atoms with Crippen LogP contribution in [0.15, 0.2) is 0 Å². The zero-order chi connectivity index (χ0) is 14.3. The van der Waals surface area contributed by atoms with Crippen LogP contribution < -0.4 is 5.32 Å².